The summed E-state index contributed by atoms with van der Waals surface area (Å²) in [6, 6.07) is 14.8. The van der Waals surface area contributed by atoms with Crippen molar-refractivity contribution in [2.24, 2.45) is 5.92 Å². The summed E-state index contributed by atoms with van der Waals surface area (Å²) in [6.45, 7) is 0. The number of hydrogen-bond acceptors (Lipinski definition) is 5. The molecular formula is C19H18N2O5S. The van der Waals surface area contributed by atoms with Crippen LogP contribution in [0.25, 0.3) is 0 Å². The van der Waals surface area contributed by atoms with Crippen LogP contribution in [0.15, 0.2) is 54.6 Å². The predicted molar refractivity (Wildman–Crippen MR) is 98.7 cm³/mol. The molecule has 0 saturated carbocycles. The Kier molecular flexibility index (Phi) is 5.36. The van der Waals surface area contributed by atoms with E-state index in [2.05, 4.69) is 10.9 Å². The highest BCUT2D eigenvalue weighted by Crippen LogP contribution is 2.18. The van der Waals surface area contributed by atoms with Gasteiger partial charge in [-0.1, -0.05) is 48.5 Å². The summed E-state index contributed by atoms with van der Waals surface area (Å²) in [4.78, 5) is 37.2. The molecule has 1 aliphatic rings. The Balaban J connectivity index is 1.71. The van der Waals surface area contributed by atoms with Crippen molar-refractivity contribution in [3.05, 3.63) is 71.3 Å². The fraction of sp³-hybridized carbons (Fsp3) is 0.211. The standard InChI is InChI=1S/C19H18N2O5S/c22-17(13-6-2-1-3-7-13)15-8-4-5-9-16(15)19(24)21-20-18(23)14-10-11-27(25,26)12-14/h1-9,14H,10-12H2,(H,20,23)(H,21,24)/t14-/m0/s1. The maximum atomic E-state index is 12.7. The molecule has 1 aliphatic heterocycles. The molecule has 0 aromatic heterocycles. The second kappa shape index (κ2) is 7.71. The van der Waals surface area contributed by atoms with Gasteiger partial charge in [-0.05, 0) is 12.5 Å². The van der Waals surface area contributed by atoms with E-state index >= 15 is 0 Å². The molecule has 2 N–H and O–H groups in total. The fourth-order valence-corrected chi connectivity index (χ4v) is 4.66. The molecule has 1 heterocycles. The van der Waals surface area contributed by atoms with Crippen molar-refractivity contribution in [3.8, 4) is 0 Å². The molecule has 1 fully saturated rings. The van der Waals surface area contributed by atoms with Gasteiger partial charge < -0.3 is 0 Å². The lowest BCUT2D eigenvalue weighted by molar-refractivity contribution is -0.125. The Morgan fingerprint density at radius 1 is 0.852 bits per heavy atom. The van der Waals surface area contributed by atoms with Crippen LogP contribution in [-0.4, -0.2) is 37.5 Å². The smallest absolute Gasteiger partial charge is 0.270 e. The van der Waals surface area contributed by atoms with E-state index in [9.17, 15) is 22.8 Å². The average Bonchev–Trinajstić information content (AvgIpc) is 3.06. The average molecular weight is 386 g/mol. The zero-order valence-corrected chi connectivity index (χ0v) is 15.2. The van der Waals surface area contributed by atoms with Crippen molar-refractivity contribution >= 4 is 27.4 Å². The minimum Gasteiger partial charge on any atom is -0.289 e. The summed E-state index contributed by atoms with van der Waals surface area (Å²) in [7, 11) is -3.20. The molecule has 7 nitrogen and oxygen atoms in total. The molecule has 0 aliphatic carbocycles. The third-order valence-electron chi connectivity index (χ3n) is 4.35. The maximum Gasteiger partial charge on any atom is 0.270 e. The Morgan fingerprint density at radius 3 is 2.11 bits per heavy atom. The lowest BCUT2D eigenvalue weighted by Crippen LogP contribution is -2.45. The SMILES string of the molecule is O=C(NNC(=O)[C@H]1CCS(=O)(=O)C1)c1ccccc1C(=O)c1ccccc1. The van der Waals surface area contributed by atoms with Crippen LogP contribution in [-0.2, 0) is 14.6 Å². The number of hydrazine groups is 1. The summed E-state index contributed by atoms with van der Waals surface area (Å²) in [5.74, 6) is -2.46. The van der Waals surface area contributed by atoms with Gasteiger partial charge in [-0.15, -0.1) is 0 Å². The van der Waals surface area contributed by atoms with Gasteiger partial charge in [-0.3, -0.25) is 25.2 Å². The minimum atomic E-state index is -3.20. The molecule has 0 radical (unpaired) electrons. The molecule has 0 bridgehead atoms. The fourth-order valence-electron chi connectivity index (χ4n) is 2.91. The summed E-state index contributed by atoms with van der Waals surface area (Å²) < 4.78 is 22.9. The summed E-state index contributed by atoms with van der Waals surface area (Å²) in [5.41, 5.74) is 5.28. The van der Waals surface area contributed by atoms with E-state index in [1.54, 1.807) is 42.5 Å². The maximum absolute atomic E-state index is 12.7. The first-order valence-corrected chi connectivity index (χ1v) is 10.2. The molecule has 3 rings (SSSR count). The van der Waals surface area contributed by atoms with E-state index in [4.69, 9.17) is 0 Å². The molecule has 2 aromatic carbocycles. The molecule has 1 saturated heterocycles. The molecule has 0 unspecified atom stereocenters. The van der Waals surface area contributed by atoms with Crippen molar-refractivity contribution in [2.75, 3.05) is 11.5 Å². The number of benzene rings is 2. The van der Waals surface area contributed by atoms with Gasteiger partial charge in [0.25, 0.3) is 5.91 Å². The monoisotopic (exact) mass is 386 g/mol. The Bertz CT molecular complexity index is 986. The van der Waals surface area contributed by atoms with Gasteiger partial charge in [0.1, 0.15) is 0 Å². The zero-order chi connectivity index (χ0) is 19.4. The summed E-state index contributed by atoms with van der Waals surface area (Å²) in [5, 5.41) is 0. The first-order valence-electron chi connectivity index (χ1n) is 8.37. The quantitative estimate of drug-likeness (QED) is 0.604. The minimum absolute atomic E-state index is 0.0343. The van der Waals surface area contributed by atoms with Crippen molar-refractivity contribution in [2.45, 2.75) is 6.42 Å². The number of ketones is 1. The Morgan fingerprint density at radius 2 is 1.48 bits per heavy atom. The molecule has 0 spiro atoms. The van der Waals surface area contributed by atoms with Crippen molar-refractivity contribution < 1.29 is 22.8 Å². The first kappa shape index (κ1) is 18.8. The Labute approximate surface area is 156 Å². The first-order chi connectivity index (χ1) is 12.9. The van der Waals surface area contributed by atoms with Gasteiger partial charge >= 0.3 is 0 Å². The van der Waals surface area contributed by atoms with Crippen LogP contribution in [0.3, 0.4) is 0 Å². The topological polar surface area (TPSA) is 109 Å². The third kappa shape index (κ3) is 4.40. The van der Waals surface area contributed by atoms with E-state index in [0.717, 1.165) is 0 Å². The summed E-state index contributed by atoms with van der Waals surface area (Å²) in [6.07, 6.45) is 0.229. The number of carbonyl (C=O) groups is 3. The molecular weight excluding hydrogens is 368 g/mol. The highest BCUT2D eigenvalue weighted by molar-refractivity contribution is 7.91. The normalized spacial score (nSPS) is 17.9. The van der Waals surface area contributed by atoms with Gasteiger partial charge in [-0.25, -0.2) is 8.42 Å². The van der Waals surface area contributed by atoms with Gasteiger partial charge in [-0.2, -0.15) is 0 Å². The number of rotatable bonds is 4. The van der Waals surface area contributed by atoms with E-state index in [1.807, 2.05) is 0 Å². The Hall–Kier alpha value is -3.00. The number of carbonyl (C=O) groups excluding carboxylic acids is 3. The third-order valence-corrected chi connectivity index (χ3v) is 6.12. The second-order valence-corrected chi connectivity index (χ2v) is 8.51. The molecule has 2 aromatic rings. The number of hydrogen-bond donors (Lipinski definition) is 2. The molecule has 8 heteroatoms. The van der Waals surface area contributed by atoms with Crippen LogP contribution in [0.2, 0.25) is 0 Å². The van der Waals surface area contributed by atoms with E-state index in [-0.39, 0.29) is 34.8 Å². The van der Waals surface area contributed by atoms with E-state index < -0.39 is 27.6 Å². The van der Waals surface area contributed by atoms with Gasteiger partial charge in [0, 0.05) is 11.1 Å². The summed E-state index contributed by atoms with van der Waals surface area (Å²) >= 11 is 0. The molecule has 2 amide bonds. The predicted octanol–water partition coefficient (Wildman–Crippen LogP) is 1.11. The van der Waals surface area contributed by atoms with Gasteiger partial charge in [0.2, 0.25) is 5.91 Å². The largest absolute Gasteiger partial charge is 0.289 e. The highest BCUT2D eigenvalue weighted by atomic mass is 32.2. The van der Waals surface area contributed by atoms with Crippen molar-refractivity contribution in [3.63, 3.8) is 0 Å². The molecule has 140 valence electrons. The van der Waals surface area contributed by atoms with Gasteiger partial charge in [0.15, 0.2) is 15.6 Å². The van der Waals surface area contributed by atoms with E-state index in [1.165, 1.54) is 12.1 Å². The lowest BCUT2D eigenvalue weighted by Gasteiger charge is -2.12. The van der Waals surface area contributed by atoms with Crippen LogP contribution in [0.5, 0.6) is 0 Å². The van der Waals surface area contributed by atoms with Crippen LogP contribution in [0, 0.1) is 5.92 Å². The number of nitrogens with one attached hydrogen (secondary N) is 2. The number of amides is 2. The van der Waals surface area contributed by atoms with Crippen LogP contribution < -0.4 is 10.9 Å². The van der Waals surface area contributed by atoms with Crippen LogP contribution >= 0.6 is 0 Å². The van der Waals surface area contributed by atoms with Crippen LogP contribution in [0.1, 0.15) is 32.7 Å². The van der Waals surface area contributed by atoms with Gasteiger partial charge in [0.05, 0.1) is 23.0 Å². The van der Waals surface area contributed by atoms with Crippen molar-refractivity contribution in [1.29, 1.82) is 0 Å². The molecule has 27 heavy (non-hydrogen) atoms. The lowest BCUT2D eigenvalue weighted by atomic mass is 9.98. The zero-order valence-electron chi connectivity index (χ0n) is 14.3. The van der Waals surface area contributed by atoms with Crippen molar-refractivity contribution in [1.82, 2.24) is 10.9 Å². The second-order valence-electron chi connectivity index (χ2n) is 6.28. The number of sulfone groups is 1. The highest BCUT2D eigenvalue weighted by Gasteiger charge is 2.33. The van der Waals surface area contributed by atoms with E-state index in [0.29, 0.717) is 5.56 Å². The van der Waals surface area contributed by atoms with Crippen LogP contribution in [0.4, 0.5) is 0 Å². The molecule has 1 atom stereocenters.